The first-order valence-corrected chi connectivity index (χ1v) is 11.5. The Morgan fingerprint density at radius 1 is 1.21 bits per heavy atom. The maximum absolute atomic E-state index is 13.6. The van der Waals surface area contributed by atoms with Gasteiger partial charge in [-0.3, -0.25) is 14.3 Å². The van der Waals surface area contributed by atoms with E-state index in [2.05, 4.69) is 19.9 Å². The minimum Gasteiger partial charge on any atom is -0.361 e. The summed E-state index contributed by atoms with van der Waals surface area (Å²) in [5.74, 6) is 1.38. The molecule has 3 N–H and O–H groups in total. The van der Waals surface area contributed by atoms with Gasteiger partial charge >= 0.3 is 0 Å². The predicted octanol–water partition coefficient (Wildman–Crippen LogP) is 2.66. The Bertz CT molecular complexity index is 1480. The molecule has 2 bridgehead atoms. The van der Waals surface area contributed by atoms with Crippen LogP contribution in [0.5, 0.6) is 0 Å². The number of aromatic amines is 1. The van der Waals surface area contributed by atoms with Crippen molar-refractivity contribution in [1.29, 1.82) is 0 Å². The van der Waals surface area contributed by atoms with E-state index in [4.69, 9.17) is 22.3 Å². The molecule has 3 aromatic heterocycles. The molecule has 0 aliphatic carbocycles. The number of H-pyrrole nitrogens is 1. The van der Waals surface area contributed by atoms with E-state index in [9.17, 15) is 4.79 Å². The fourth-order valence-corrected chi connectivity index (χ4v) is 5.70. The third kappa shape index (κ3) is 2.88. The molecule has 33 heavy (non-hydrogen) atoms. The van der Waals surface area contributed by atoms with E-state index in [-0.39, 0.29) is 17.6 Å². The molecule has 0 saturated carbocycles. The first kappa shape index (κ1) is 20.4. The van der Waals surface area contributed by atoms with Crippen molar-refractivity contribution in [2.24, 2.45) is 12.8 Å². The number of hydrogen-bond acceptors (Lipinski definition) is 7. The van der Waals surface area contributed by atoms with Crippen LogP contribution in [0.15, 0.2) is 29.3 Å². The molecule has 170 valence electrons. The minimum absolute atomic E-state index is 0.115. The van der Waals surface area contributed by atoms with Crippen molar-refractivity contribution in [3.63, 3.8) is 0 Å². The summed E-state index contributed by atoms with van der Waals surface area (Å²) in [4.78, 5) is 34.9. The van der Waals surface area contributed by atoms with Crippen LogP contribution in [0.4, 0.5) is 11.8 Å². The van der Waals surface area contributed by atoms with E-state index >= 15 is 0 Å². The lowest BCUT2D eigenvalue weighted by molar-refractivity contribution is 0.503. The van der Waals surface area contributed by atoms with Crippen LogP contribution < -0.4 is 21.1 Å². The first-order chi connectivity index (χ1) is 15.8. The van der Waals surface area contributed by atoms with Crippen molar-refractivity contribution in [3.8, 4) is 11.1 Å². The van der Waals surface area contributed by atoms with E-state index in [1.807, 2.05) is 31.1 Å². The molecule has 5 heterocycles. The number of hydrogen-bond donors (Lipinski definition) is 2. The van der Waals surface area contributed by atoms with Gasteiger partial charge in [0, 0.05) is 56.6 Å². The summed E-state index contributed by atoms with van der Waals surface area (Å²) in [6, 6.07) is 4.45. The molecule has 4 aromatic rings. The normalized spacial score (nSPS) is 22.1. The van der Waals surface area contributed by atoms with E-state index in [1.165, 1.54) is 0 Å². The predicted molar refractivity (Wildman–Crippen MR) is 131 cm³/mol. The summed E-state index contributed by atoms with van der Waals surface area (Å²) in [5, 5.41) is 0.967. The van der Waals surface area contributed by atoms with Crippen LogP contribution in [0.2, 0.25) is 5.02 Å². The summed E-state index contributed by atoms with van der Waals surface area (Å²) in [7, 11) is 5.58. The Morgan fingerprint density at radius 3 is 2.73 bits per heavy atom. The van der Waals surface area contributed by atoms with Gasteiger partial charge in [-0.25, -0.2) is 4.98 Å². The van der Waals surface area contributed by atoms with Crippen molar-refractivity contribution in [1.82, 2.24) is 24.5 Å². The number of anilines is 2. The van der Waals surface area contributed by atoms with Crippen molar-refractivity contribution in [2.45, 2.75) is 37.4 Å². The molecule has 2 fully saturated rings. The fourth-order valence-electron chi connectivity index (χ4n) is 5.40. The molecule has 2 saturated heterocycles. The maximum atomic E-state index is 13.6. The summed E-state index contributed by atoms with van der Waals surface area (Å²) in [6.45, 7) is 0. The summed E-state index contributed by atoms with van der Waals surface area (Å²) < 4.78 is 1.64. The zero-order chi connectivity index (χ0) is 23.0. The molecular formula is C23H25ClN8O. The van der Waals surface area contributed by atoms with Gasteiger partial charge < -0.3 is 20.5 Å². The monoisotopic (exact) mass is 464 g/mol. The van der Waals surface area contributed by atoms with Gasteiger partial charge in [-0.2, -0.15) is 4.98 Å². The topological polar surface area (TPSA) is 109 Å². The highest BCUT2D eigenvalue weighted by Crippen LogP contribution is 2.40. The van der Waals surface area contributed by atoms with Gasteiger partial charge in [0.15, 0.2) is 0 Å². The molecule has 2 aliphatic rings. The quantitative estimate of drug-likeness (QED) is 0.479. The lowest BCUT2D eigenvalue weighted by Crippen LogP contribution is -2.40. The van der Waals surface area contributed by atoms with Crippen LogP contribution in [0.25, 0.3) is 33.2 Å². The molecular weight excluding hydrogens is 440 g/mol. The second kappa shape index (κ2) is 7.16. The van der Waals surface area contributed by atoms with E-state index in [0.29, 0.717) is 50.5 Å². The third-order valence-electron chi connectivity index (χ3n) is 7.09. The van der Waals surface area contributed by atoms with Crippen LogP contribution in [0.3, 0.4) is 0 Å². The van der Waals surface area contributed by atoms with E-state index in [0.717, 1.165) is 24.8 Å². The molecule has 0 spiro atoms. The molecule has 9 nitrogen and oxygen atoms in total. The zero-order valence-corrected chi connectivity index (χ0v) is 19.5. The molecule has 3 atom stereocenters. The van der Waals surface area contributed by atoms with Crippen molar-refractivity contribution >= 4 is 45.4 Å². The number of nitrogens with two attached hydrogens (primary N) is 1. The number of rotatable bonds is 3. The van der Waals surface area contributed by atoms with Crippen molar-refractivity contribution in [3.05, 3.63) is 39.9 Å². The number of aromatic nitrogens is 5. The molecule has 1 aromatic carbocycles. The molecule has 0 unspecified atom stereocenters. The van der Waals surface area contributed by atoms with Gasteiger partial charge in [0.2, 0.25) is 5.95 Å². The average Bonchev–Trinajstić information content (AvgIpc) is 3.48. The third-order valence-corrected chi connectivity index (χ3v) is 7.48. The lowest BCUT2D eigenvalue weighted by atomic mass is 9.97. The van der Waals surface area contributed by atoms with Crippen molar-refractivity contribution < 1.29 is 0 Å². The largest absolute Gasteiger partial charge is 0.361 e. The van der Waals surface area contributed by atoms with Gasteiger partial charge in [0.25, 0.3) is 5.56 Å². The van der Waals surface area contributed by atoms with Gasteiger partial charge in [-0.1, -0.05) is 17.7 Å². The number of fused-ring (bicyclic) bond motifs is 4. The average molecular weight is 465 g/mol. The van der Waals surface area contributed by atoms with Gasteiger partial charge in [0.05, 0.1) is 22.1 Å². The minimum atomic E-state index is -0.115. The highest BCUT2D eigenvalue weighted by atomic mass is 35.5. The van der Waals surface area contributed by atoms with Crippen LogP contribution in [-0.4, -0.2) is 56.7 Å². The molecule has 0 amide bonds. The Labute approximate surface area is 195 Å². The lowest BCUT2D eigenvalue weighted by Gasteiger charge is -2.25. The van der Waals surface area contributed by atoms with Gasteiger partial charge in [-0.05, 0) is 25.3 Å². The summed E-state index contributed by atoms with van der Waals surface area (Å²) >= 11 is 6.81. The Kier molecular flexibility index (Phi) is 4.44. The second-order valence-electron chi connectivity index (χ2n) is 9.22. The van der Waals surface area contributed by atoms with Crippen LogP contribution in [0, 0.1) is 0 Å². The maximum Gasteiger partial charge on any atom is 0.264 e. The van der Waals surface area contributed by atoms with Crippen molar-refractivity contribution in [2.75, 3.05) is 23.9 Å². The number of nitrogens with one attached hydrogen (secondary N) is 1. The van der Waals surface area contributed by atoms with Crippen LogP contribution >= 0.6 is 11.6 Å². The highest BCUT2D eigenvalue weighted by molar-refractivity contribution is 6.38. The molecule has 2 aliphatic heterocycles. The van der Waals surface area contributed by atoms with E-state index in [1.54, 1.807) is 24.0 Å². The Balaban J connectivity index is 1.52. The smallest absolute Gasteiger partial charge is 0.264 e. The van der Waals surface area contributed by atoms with Crippen LogP contribution in [0.1, 0.15) is 19.3 Å². The second-order valence-corrected chi connectivity index (χ2v) is 9.60. The Hall–Kier alpha value is -3.17. The fraction of sp³-hybridized carbons (Fsp3) is 0.391. The van der Waals surface area contributed by atoms with Gasteiger partial charge in [-0.15, -0.1) is 0 Å². The van der Waals surface area contributed by atoms with E-state index < -0.39 is 0 Å². The molecule has 10 heteroatoms. The standard InChI is InChI=1S/C23H25ClN8O/c1-30(2)17-10-26-15-6-5-12(19(24)20(15)28-17)13-9-27-21-18(13)22(33)31(3)23(29-21)32-11-4-7-16(32)14(25)8-11/h5-6,9-11,14,16,27H,4,7-8,25H2,1-3H3/t11-,14+,16+/m0/s1. The Morgan fingerprint density at radius 2 is 2.03 bits per heavy atom. The molecule has 6 rings (SSSR count). The molecule has 0 radical (unpaired) electrons. The number of halogens is 1. The van der Waals surface area contributed by atoms with Gasteiger partial charge in [0.1, 0.15) is 17.0 Å². The number of nitrogens with zero attached hydrogens (tertiary/aromatic N) is 6. The summed E-state index contributed by atoms with van der Waals surface area (Å²) in [5.41, 5.74) is 9.47. The first-order valence-electron chi connectivity index (χ1n) is 11.1. The number of benzene rings is 1. The SMILES string of the molecule is CN(C)c1cnc2ccc(-c3c[nH]c4nc(N5[C@H]6CC[C@@H]5[C@H](N)C6)n(C)c(=O)c34)c(Cl)c2n1. The highest BCUT2D eigenvalue weighted by Gasteiger charge is 2.46. The summed E-state index contributed by atoms with van der Waals surface area (Å²) in [6.07, 6.45) is 6.58. The zero-order valence-electron chi connectivity index (χ0n) is 18.7. The van der Waals surface area contributed by atoms with Crippen LogP contribution in [-0.2, 0) is 7.05 Å².